The zero-order valence-electron chi connectivity index (χ0n) is 40.9. The Hall–Kier alpha value is -1.14. The molecule has 6 heteroatoms. The lowest BCUT2D eigenvalue weighted by molar-refractivity contribution is -0.151. The molecule has 0 aliphatic carbocycles. The van der Waals surface area contributed by atoms with Gasteiger partial charge in [0.05, 0.1) is 25.2 Å². The Kier molecular flexibility index (Phi) is 48.0. The monoisotopic (exact) mass is 850 g/mol. The van der Waals surface area contributed by atoms with Crippen molar-refractivity contribution in [3.63, 3.8) is 0 Å². The van der Waals surface area contributed by atoms with E-state index < -0.39 is 18.2 Å². The minimum Gasteiger partial charge on any atom is -0.462 e. The van der Waals surface area contributed by atoms with Gasteiger partial charge < -0.3 is 20.3 Å². The lowest BCUT2D eigenvalue weighted by Crippen LogP contribution is -2.46. The standard InChI is InChI=1S/C54H107NO5/c1-4-7-10-13-16-19-22-25-26-29-32-35-38-41-44-47-54(59)60-50(45-42-39-36-33-30-27-23-20-17-14-11-8-5-2)48-53(58)55-51(49-56)52(57)46-43-40-37-34-31-28-24-21-18-15-12-9-6-3/h50-52,56-57H,4-49H2,1-3H3,(H,55,58). The van der Waals surface area contributed by atoms with E-state index in [1.807, 2.05) is 0 Å². The third-order valence-corrected chi connectivity index (χ3v) is 12.9. The quantitative estimate of drug-likeness (QED) is 0.0419. The highest BCUT2D eigenvalue weighted by Gasteiger charge is 2.24. The molecule has 3 N–H and O–H groups in total. The van der Waals surface area contributed by atoms with Gasteiger partial charge in [-0.05, 0) is 25.7 Å². The second-order valence-corrected chi connectivity index (χ2v) is 19.0. The number of esters is 1. The molecule has 0 saturated carbocycles. The van der Waals surface area contributed by atoms with Gasteiger partial charge in [-0.25, -0.2) is 0 Å². The van der Waals surface area contributed by atoms with Crippen LogP contribution < -0.4 is 5.32 Å². The van der Waals surface area contributed by atoms with Crippen LogP contribution in [0.25, 0.3) is 0 Å². The van der Waals surface area contributed by atoms with E-state index in [0.717, 1.165) is 38.5 Å². The Balaban J connectivity index is 4.49. The maximum Gasteiger partial charge on any atom is 0.306 e. The van der Waals surface area contributed by atoms with Crippen molar-refractivity contribution in [2.24, 2.45) is 0 Å². The van der Waals surface area contributed by atoms with Gasteiger partial charge in [-0.15, -0.1) is 0 Å². The summed E-state index contributed by atoms with van der Waals surface area (Å²) in [5, 5.41) is 23.8. The summed E-state index contributed by atoms with van der Waals surface area (Å²) in [7, 11) is 0. The number of unbranched alkanes of at least 4 members (excludes halogenated alkanes) is 38. The van der Waals surface area contributed by atoms with Crippen molar-refractivity contribution in [3.05, 3.63) is 0 Å². The van der Waals surface area contributed by atoms with Crippen LogP contribution in [0.5, 0.6) is 0 Å². The second kappa shape index (κ2) is 48.9. The molecule has 0 aromatic rings. The molecule has 3 unspecified atom stereocenters. The molecular formula is C54H107NO5. The predicted molar refractivity (Wildman–Crippen MR) is 260 cm³/mol. The highest BCUT2D eigenvalue weighted by Crippen LogP contribution is 2.19. The molecule has 0 radical (unpaired) electrons. The fourth-order valence-electron chi connectivity index (χ4n) is 8.79. The van der Waals surface area contributed by atoms with E-state index in [2.05, 4.69) is 26.1 Å². The van der Waals surface area contributed by atoms with Gasteiger partial charge in [0, 0.05) is 6.42 Å². The Morgan fingerprint density at radius 3 is 1.02 bits per heavy atom. The molecule has 3 atom stereocenters. The van der Waals surface area contributed by atoms with Crippen LogP contribution in [0.2, 0.25) is 0 Å². The van der Waals surface area contributed by atoms with Crippen LogP contribution in [0.4, 0.5) is 0 Å². The van der Waals surface area contributed by atoms with Crippen molar-refractivity contribution < 1.29 is 24.5 Å². The Morgan fingerprint density at radius 1 is 0.417 bits per heavy atom. The molecule has 6 nitrogen and oxygen atoms in total. The Morgan fingerprint density at radius 2 is 0.700 bits per heavy atom. The van der Waals surface area contributed by atoms with Gasteiger partial charge in [0.15, 0.2) is 0 Å². The fourth-order valence-corrected chi connectivity index (χ4v) is 8.79. The fraction of sp³-hybridized carbons (Fsp3) is 0.963. The number of aliphatic hydroxyl groups excluding tert-OH is 2. The van der Waals surface area contributed by atoms with Gasteiger partial charge in [-0.2, -0.15) is 0 Å². The van der Waals surface area contributed by atoms with E-state index in [9.17, 15) is 19.8 Å². The van der Waals surface area contributed by atoms with Crippen LogP contribution in [0, 0.1) is 0 Å². The lowest BCUT2D eigenvalue weighted by atomic mass is 10.0. The number of hydrogen-bond acceptors (Lipinski definition) is 5. The summed E-state index contributed by atoms with van der Waals surface area (Å²) in [6.07, 6.45) is 53.0. The van der Waals surface area contributed by atoms with E-state index in [1.54, 1.807) is 0 Å². The van der Waals surface area contributed by atoms with E-state index in [1.165, 1.54) is 225 Å². The van der Waals surface area contributed by atoms with Gasteiger partial charge >= 0.3 is 5.97 Å². The van der Waals surface area contributed by atoms with E-state index in [0.29, 0.717) is 19.3 Å². The largest absolute Gasteiger partial charge is 0.462 e. The zero-order valence-corrected chi connectivity index (χ0v) is 40.9. The molecule has 0 aromatic heterocycles. The zero-order chi connectivity index (χ0) is 43.8. The third-order valence-electron chi connectivity index (χ3n) is 12.9. The number of aliphatic hydroxyl groups is 2. The van der Waals surface area contributed by atoms with E-state index in [-0.39, 0.29) is 24.9 Å². The maximum absolute atomic E-state index is 13.2. The molecule has 358 valence electrons. The average molecular weight is 850 g/mol. The Bertz CT molecular complexity index is 867. The number of nitrogens with one attached hydrogen (secondary N) is 1. The first kappa shape index (κ1) is 58.9. The highest BCUT2D eigenvalue weighted by atomic mass is 16.5. The molecule has 0 heterocycles. The third kappa shape index (κ3) is 43.5. The summed E-state index contributed by atoms with van der Waals surface area (Å²) in [6, 6.07) is -0.692. The van der Waals surface area contributed by atoms with Gasteiger partial charge in [0.25, 0.3) is 0 Å². The van der Waals surface area contributed by atoms with Crippen LogP contribution in [0.15, 0.2) is 0 Å². The summed E-state index contributed by atoms with van der Waals surface area (Å²) < 4.78 is 5.95. The van der Waals surface area contributed by atoms with Gasteiger partial charge in [0.2, 0.25) is 5.91 Å². The Labute approximate surface area is 375 Å². The summed E-state index contributed by atoms with van der Waals surface area (Å²) in [6.45, 7) is 6.52. The number of carbonyl (C=O) groups excluding carboxylic acids is 2. The number of ether oxygens (including phenoxy) is 1. The number of amides is 1. The van der Waals surface area contributed by atoms with Crippen molar-refractivity contribution in [2.75, 3.05) is 6.61 Å². The molecule has 0 bridgehead atoms. The number of carbonyl (C=O) groups is 2. The van der Waals surface area contributed by atoms with Crippen LogP contribution in [0.3, 0.4) is 0 Å². The number of hydrogen-bond donors (Lipinski definition) is 3. The van der Waals surface area contributed by atoms with Crippen LogP contribution in [-0.2, 0) is 14.3 Å². The molecule has 0 saturated heterocycles. The minimum atomic E-state index is -0.779. The molecule has 60 heavy (non-hydrogen) atoms. The smallest absolute Gasteiger partial charge is 0.306 e. The summed E-state index contributed by atoms with van der Waals surface area (Å²) in [5.41, 5.74) is 0. The SMILES string of the molecule is CCCCCCCCCCCCCCCCCC(=O)OC(CCCCCCCCCCCCCCC)CC(=O)NC(CO)C(O)CCCCCCCCCCCCCCC. The first-order valence-corrected chi connectivity index (χ1v) is 27.3. The molecule has 0 spiro atoms. The minimum absolute atomic E-state index is 0.0881. The van der Waals surface area contributed by atoms with Crippen molar-refractivity contribution >= 4 is 11.9 Å². The van der Waals surface area contributed by atoms with Crippen LogP contribution in [-0.4, -0.2) is 46.9 Å². The first-order chi connectivity index (χ1) is 29.5. The van der Waals surface area contributed by atoms with Gasteiger partial charge in [0.1, 0.15) is 6.10 Å². The summed E-state index contributed by atoms with van der Waals surface area (Å²) >= 11 is 0. The summed E-state index contributed by atoms with van der Waals surface area (Å²) in [5.74, 6) is -0.448. The van der Waals surface area contributed by atoms with Gasteiger partial charge in [-0.1, -0.05) is 271 Å². The van der Waals surface area contributed by atoms with E-state index >= 15 is 0 Å². The lowest BCUT2D eigenvalue weighted by Gasteiger charge is -2.24. The normalized spacial score (nSPS) is 13.1. The molecule has 0 fully saturated rings. The molecule has 0 aliphatic rings. The molecule has 1 amide bonds. The maximum atomic E-state index is 13.2. The second-order valence-electron chi connectivity index (χ2n) is 19.0. The van der Waals surface area contributed by atoms with Crippen LogP contribution >= 0.6 is 0 Å². The van der Waals surface area contributed by atoms with Crippen LogP contribution in [0.1, 0.15) is 310 Å². The molecule has 0 rings (SSSR count). The van der Waals surface area contributed by atoms with Crippen molar-refractivity contribution in [1.29, 1.82) is 0 Å². The average Bonchev–Trinajstić information content (AvgIpc) is 3.24. The van der Waals surface area contributed by atoms with Crippen molar-refractivity contribution in [3.8, 4) is 0 Å². The highest BCUT2D eigenvalue weighted by molar-refractivity contribution is 5.77. The molecular weight excluding hydrogens is 743 g/mol. The predicted octanol–water partition coefficient (Wildman–Crippen LogP) is 16.4. The summed E-state index contributed by atoms with van der Waals surface area (Å²) in [4.78, 5) is 26.2. The van der Waals surface area contributed by atoms with Crippen molar-refractivity contribution in [2.45, 2.75) is 328 Å². The molecule has 0 aliphatic heterocycles. The first-order valence-electron chi connectivity index (χ1n) is 27.3. The van der Waals surface area contributed by atoms with E-state index in [4.69, 9.17) is 4.74 Å². The van der Waals surface area contributed by atoms with Gasteiger partial charge in [-0.3, -0.25) is 9.59 Å². The van der Waals surface area contributed by atoms with Crippen molar-refractivity contribution in [1.82, 2.24) is 5.32 Å². The molecule has 0 aromatic carbocycles. The topological polar surface area (TPSA) is 95.9 Å². The number of rotatable bonds is 50.